The fourth-order valence-corrected chi connectivity index (χ4v) is 2.73. The predicted octanol–water partition coefficient (Wildman–Crippen LogP) is -0.637. The van der Waals surface area contributed by atoms with Crippen molar-refractivity contribution in [1.82, 2.24) is 19.5 Å². The minimum atomic E-state index is -1.19. The second kappa shape index (κ2) is 6.36. The van der Waals surface area contributed by atoms with Crippen LogP contribution in [0.2, 0.25) is 0 Å². The van der Waals surface area contributed by atoms with Gasteiger partial charge < -0.3 is 25.8 Å². The lowest BCUT2D eigenvalue weighted by atomic mass is 10.1. The molecule has 4 atom stereocenters. The van der Waals surface area contributed by atoms with Gasteiger partial charge in [0.2, 0.25) is 0 Å². The summed E-state index contributed by atoms with van der Waals surface area (Å²) >= 11 is 0. The lowest BCUT2D eigenvalue weighted by Crippen LogP contribution is -2.33. The highest BCUT2D eigenvalue weighted by Gasteiger charge is 2.44. The first-order chi connectivity index (χ1) is 11.1. The van der Waals surface area contributed by atoms with Crippen molar-refractivity contribution in [2.24, 2.45) is 0 Å². The van der Waals surface area contributed by atoms with Crippen molar-refractivity contribution in [2.45, 2.75) is 50.7 Å². The van der Waals surface area contributed by atoms with Crippen LogP contribution in [-0.4, -0.2) is 59.8 Å². The summed E-state index contributed by atoms with van der Waals surface area (Å²) in [6.07, 6.45) is -0.0348. The van der Waals surface area contributed by atoms with Crippen LogP contribution in [0.15, 0.2) is 6.33 Å². The molecule has 0 spiro atoms. The molecule has 2 aromatic heterocycles. The number of hydrogen-bond acceptors (Lipinski definition) is 8. The standard InChI is InChI=1S/C14H21N5O4/c1-2-3-4-8-17-12(15)9-13(18-8)19(6-16-9)14-11(22)10(21)7(5-20)23-14/h6-7,10-11,14,20-22H,2-5H2,1H3,(H2,15,17,18)/t7-,10-,11+,14-/m1/s1. The van der Waals surface area contributed by atoms with Crippen molar-refractivity contribution in [3.05, 3.63) is 12.2 Å². The maximum absolute atomic E-state index is 10.2. The van der Waals surface area contributed by atoms with Gasteiger partial charge in [0.25, 0.3) is 0 Å². The van der Waals surface area contributed by atoms with Crippen LogP contribution in [0.1, 0.15) is 31.8 Å². The van der Waals surface area contributed by atoms with E-state index in [0.29, 0.717) is 23.4 Å². The summed E-state index contributed by atoms with van der Waals surface area (Å²) in [4.78, 5) is 12.9. The van der Waals surface area contributed by atoms with Gasteiger partial charge in [0, 0.05) is 6.42 Å². The van der Waals surface area contributed by atoms with Crippen LogP contribution in [0.4, 0.5) is 5.82 Å². The van der Waals surface area contributed by atoms with E-state index in [4.69, 9.17) is 10.5 Å². The molecule has 9 heteroatoms. The maximum Gasteiger partial charge on any atom is 0.167 e. The SMILES string of the molecule is CCCCc1nc(N)c2ncn([C@@H]3O[C@H](CO)[C@@H](O)[C@@H]3O)c2n1. The molecule has 0 amide bonds. The highest BCUT2D eigenvalue weighted by Crippen LogP contribution is 2.31. The topological polar surface area (TPSA) is 140 Å². The molecule has 1 aliphatic heterocycles. The van der Waals surface area contributed by atoms with E-state index < -0.39 is 24.5 Å². The van der Waals surface area contributed by atoms with Gasteiger partial charge in [0.15, 0.2) is 17.7 Å². The lowest BCUT2D eigenvalue weighted by molar-refractivity contribution is -0.0511. The van der Waals surface area contributed by atoms with Crippen molar-refractivity contribution in [2.75, 3.05) is 12.3 Å². The second-order valence-electron chi connectivity index (χ2n) is 5.68. The van der Waals surface area contributed by atoms with Gasteiger partial charge in [-0.1, -0.05) is 13.3 Å². The highest BCUT2D eigenvalue weighted by atomic mass is 16.6. The molecule has 9 nitrogen and oxygen atoms in total. The largest absolute Gasteiger partial charge is 0.394 e. The third kappa shape index (κ3) is 2.76. The quantitative estimate of drug-likeness (QED) is 0.570. The number of anilines is 1. The average Bonchev–Trinajstić information content (AvgIpc) is 3.08. The molecule has 23 heavy (non-hydrogen) atoms. The number of unbranched alkanes of at least 4 members (excludes halogenated alkanes) is 1. The van der Waals surface area contributed by atoms with Crippen LogP contribution in [0, 0.1) is 0 Å². The molecule has 1 aliphatic rings. The number of ether oxygens (including phenoxy) is 1. The van der Waals surface area contributed by atoms with Crippen LogP contribution in [-0.2, 0) is 11.2 Å². The number of aliphatic hydroxyl groups is 3. The van der Waals surface area contributed by atoms with Crippen molar-refractivity contribution in [1.29, 1.82) is 0 Å². The Labute approximate surface area is 132 Å². The van der Waals surface area contributed by atoms with E-state index in [1.54, 1.807) is 0 Å². The second-order valence-corrected chi connectivity index (χ2v) is 5.68. The summed E-state index contributed by atoms with van der Waals surface area (Å²) in [6.45, 7) is 1.69. The highest BCUT2D eigenvalue weighted by molar-refractivity contribution is 5.81. The number of fused-ring (bicyclic) bond motifs is 1. The summed E-state index contributed by atoms with van der Waals surface area (Å²) in [6, 6.07) is 0. The molecular weight excluding hydrogens is 302 g/mol. The van der Waals surface area contributed by atoms with Crippen molar-refractivity contribution in [3.63, 3.8) is 0 Å². The van der Waals surface area contributed by atoms with Crippen molar-refractivity contribution < 1.29 is 20.1 Å². The molecule has 0 radical (unpaired) electrons. The average molecular weight is 323 g/mol. The number of rotatable bonds is 5. The van der Waals surface area contributed by atoms with E-state index >= 15 is 0 Å². The molecule has 2 aromatic rings. The monoisotopic (exact) mass is 323 g/mol. The normalized spacial score (nSPS) is 27.8. The van der Waals surface area contributed by atoms with E-state index in [9.17, 15) is 15.3 Å². The minimum Gasteiger partial charge on any atom is -0.394 e. The van der Waals surface area contributed by atoms with E-state index in [-0.39, 0.29) is 12.4 Å². The smallest absolute Gasteiger partial charge is 0.167 e. The van der Waals surface area contributed by atoms with Gasteiger partial charge in [0.05, 0.1) is 12.9 Å². The first-order valence-electron chi connectivity index (χ1n) is 7.68. The van der Waals surface area contributed by atoms with E-state index in [1.165, 1.54) is 10.9 Å². The van der Waals surface area contributed by atoms with Gasteiger partial charge in [-0.25, -0.2) is 15.0 Å². The zero-order chi connectivity index (χ0) is 16.6. The molecule has 3 rings (SSSR count). The molecular formula is C14H21N5O4. The molecule has 5 N–H and O–H groups in total. The molecule has 1 saturated heterocycles. The predicted molar refractivity (Wildman–Crippen MR) is 81.4 cm³/mol. The van der Waals surface area contributed by atoms with Gasteiger partial charge in [-0.15, -0.1) is 0 Å². The van der Waals surface area contributed by atoms with E-state index in [2.05, 4.69) is 21.9 Å². The Morgan fingerprint density at radius 1 is 1.30 bits per heavy atom. The number of aliphatic hydroxyl groups excluding tert-OH is 3. The van der Waals surface area contributed by atoms with Crippen molar-refractivity contribution in [3.8, 4) is 0 Å². The fourth-order valence-electron chi connectivity index (χ4n) is 2.73. The number of nitrogens with zero attached hydrogens (tertiary/aromatic N) is 4. The molecule has 0 aromatic carbocycles. The third-order valence-corrected chi connectivity index (χ3v) is 4.04. The minimum absolute atomic E-state index is 0.270. The number of hydrogen-bond donors (Lipinski definition) is 4. The van der Waals surface area contributed by atoms with Crippen LogP contribution in [0.5, 0.6) is 0 Å². The van der Waals surface area contributed by atoms with Crippen LogP contribution < -0.4 is 5.73 Å². The first-order valence-corrected chi connectivity index (χ1v) is 7.68. The van der Waals surface area contributed by atoms with Crippen molar-refractivity contribution >= 4 is 17.0 Å². The molecule has 3 heterocycles. The van der Waals surface area contributed by atoms with Gasteiger partial charge in [-0.2, -0.15) is 0 Å². The summed E-state index contributed by atoms with van der Waals surface area (Å²) < 4.78 is 7.04. The summed E-state index contributed by atoms with van der Waals surface area (Å²) in [5, 5.41) is 29.3. The van der Waals surface area contributed by atoms with Gasteiger partial charge in [0.1, 0.15) is 29.7 Å². The molecule has 126 valence electrons. The Kier molecular flexibility index (Phi) is 4.44. The third-order valence-electron chi connectivity index (χ3n) is 4.04. The Balaban J connectivity index is 1.99. The molecule has 0 unspecified atom stereocenters. The molecule has 1 fully saturated rings. The molecule has 0 aliphatic carbocycles. The Morgan fingerprint density at radius 3 is 2.74 bits per heavy atom. The van der Waals surface area contributed by atoms with Gasteiger partial charge >= 0.3 is 0 Å². The summed E-state index contributed by atoms with van der Waals surface area (Å²) in [7, 11) is 0. The zero-order valence-electron chi connectivity index (χ0n) is 12.8. The maximum atomic E-state index is 10.2. The van der Waals surface area contributed by atoms with Gasteiger partial charge in [-0.05, 0) is 6.42 Å². The zero-order valence-corrected chi connectivity index (χ0v) is 12.8. The summed E-state index contributed by atoms with van der Waals surface area (Å²) in [5.74, 6) is 0.872. The first kappa shape index (κ1) is 16.1. The van der Waals surface area contributed by atoms with Crippen LogP contribution >= 0.6 is 0 Å². The molecule has 0 saturated carbocycles. The number of nitrogen functional groups attached to an aromatic ring is 1. The lowest BCUT2D eigenvalue weighted by Gasteiger charge is -2.16. The van der Waals surface area contributed by atoms with Gasteiger partial charge in [-0.3, -0.25) is 4.57 Å². The Bertz CT molecular complexity index is 691. The van der Waals surface area contributed by atoms with E-state index in [0.717, 1.165) is 12.8 Å². The summed E-state index contributed by atoms with van der Waals surface area (Å²) in [5.41, 5.74) is 6.80. The Hall–Kier alpha value is -1.81. The number of aromatic nitrogens is 4. The number of nitrogens with two attached hydrogens (primary N) is 1. The fraction of sp³-hybridized carbons (Fsp3) is 0.643. The Morgan fingerprint density at radius 2 is 2.09 bits per heavy atom. The number of imidazole rings is 1. The van der Waals surface area contributed by atoms with E-state index in [1.807, 2.05) is 0 Å². The molecule has 0 bridgehead atoms. The number of aryl methyl sites for hydroxylation is 1. The van der Waals surface area contributed by atoms with Crippen LogP contribution in [0.3, 0.4) is 0 Å². The van der Waals surface area contributed by atoms with Crippen LogP contribution in [0.25, 0.3) is 11.2 Å².